The Bertz CT molecular complexity index is 727. The van der Waals surface area contributed by atoms with Crippen molar-refractivity contribution in [1.29, 1.82) is 0 Å². The molecule has 2 aromatic rings. The molecule has 0 aliphatic carbocycles. The number of methoxy groups -OCH3 is 1. The van der Waals surface area contributed by atoms with E-state index in [1.54, 1.807) is 19.2 Å². The van der Waals surface area contributed by atoms with Crippen molar-refractivity contribution in [2.75, 3.05) is 20.0 Å². The zero-order chi connectivity index (χ0) is 17.5. The number of thioether (sulfide) groups is 1. The molecule has 0 amide bonds. The summed E-state index contributed by atoms with van der Waals surface area (Å²) in [5, 5.41) is 0.965. The van der Waals surface area contributed by atoms with Crippen molar-refractivity contribution >= 4 is 29.3 Å². The van der Waals surface area contributed by atoms with E-state index in [1.807, 2.05) is 12.3 Å². The Hall–Kier alpha value is -1.99. The molecule has 0 saturated heterocycles. The summed E-state index contributed by atoms with van der Waals surface area (Å²) in [6.45, 7) is 3.67. The molecule has 6 nitrogen and oxygen atoms in total. The molecule has 8 heteroatoms. The highest BCUT2D eigenvalue weighted by atomic mass is 35.5. The number of carbonyl (C=O) groups is 1. The lowest BCUT2D eigenvalue weighted by molar-refractivity contribution is 0.0540. The van der Waals surface area contributed by atoms with Crippen LogP contribution in [0.4, 0.5) is 0 Å². The fourth-order valence-corrected chi connectivity index (χ4v) is 2.43. The zero-order valence-corrected chi connectivity index (χ0v) is 14.8. The summed E-state index contributed by atoms with van der Waals surface area (Å²) < 4.78 is 15.7. The van der Waals surface area contributed by atoms with E-state index in [2.05, 4.69) is 16.9 Å². The summed E-state index contributed by atoms with van der Waals surface area (Å²) in [4.78, 5) is 20.2. The van der Waals surface area contributed by atoms with Gasteiger partial charge < -0.3 is 21.1 Å². The Kier molecular flexibility index (Phi) is 6.69. The first kappa shape index (κ1) is 18.4. The average Bonchev–Trinajstić information content (AvgIpc) is 2.60. The lowest BCUT2D eigenvalue weighted by atomic mass is 10.2. The van der Waals surface area contributed by atoms with Gasteiger partial charge in [-0.25, -0.2) is 9.78 Å². The summed E-state index contributed by atoms with van der Waals surface area (Å²) >= 11 is 7.43. The molecule has 128 valence electrons. The molecule has 0 spiro atoms. The first-order valence-electron chi connectivity index (χ1n) is 6.91. The number of ether oxygens (including phenoxy) is 3. The molecular weight excluding hydrogens is 352 g/mol. The number of benzene rings is 1. The van der Waals surface area contributed by atoms with Crippen LogP contribution in [-0.2, 0) is 11.3 Å². The monoisotopic (exact) mass is 367 g/mol. The van der Waals surface area contributed by atoms with Gasteiger partial charge in [0.05, 0.1) is 12.1 Å². The van der Waals surface area contributed by atoms with Gasteiger partial charge in [0.15, 0.2) is 5.16 Å². The fourth-order valence-electron chi connectivity index (χ4n) is 1.82. The maximum Gasteiger partial charge on any atom is 0.342 e. The highest BCUT2D eigenvalue weighted by Crippen LogP contribution is 2.26. The third-order valence-corrected chi connectivity index (χ3v) is 3.82. The number of esters is 1. The van der Waals surface area contributed by atoms with Crippen LogP contribution in [0.5, 0.6) is 11.6 Å². The number of hydrogen-bond acceptors (Lipinski definition) is 7. The molecule has 2 rings (SSSR count). The van der Waals surface area contributed by atoms with Crippen LogP contribution in [0.1, 0.15) is 15.9 Å². The number of nitrogens with zero attached hydrogens (tertiary/aromatic N) is 2. The molecule has 1 aromatic carbocycles. The maximum atomic E-state index is 11.9. The predicted octanol–water partition coefficient (Wildman–Crippen LogP) is 3.43. The van der Waals surface area contributed by atoms with E-state index >= 15 is 0 Å². The van der Waals surface area contributed by atoms with Crippen molar-refractivity contribution in [2.45, 2.75) is 11.8 Å². The number of hydrogen-bond donors (Lipinski definition) is 0. The van der Waals surface area contributed by atoms with Gasteiger partial charge >= 0.3 is 5.97 Å². The summed E-state index contributed by atoms with van der Waals surface area (Å²) in [6, 6.07) is 5.28. The molecule has 0 N–H and O–H groups in total. The van der Waals surface area contributed by atoms with Crippen LogP contribution in [0, 0.1) is 6.92 Å². The van der Waals surface area contributed by atoms with Crippen molar-refractivity contribution < 1.29 is 19.0 Å². The topological polar surface area (TPSA) is 70.5 Å². The number of halogens is 1. The van der Waals surface area contributed by atoms with Crippen molar-refractivity contribution in [3.8, 4) is 11.6 Å². The first-order valence-corrected chi connectivity index (χ1v) is 8.52. The second-order valence-electron chi connectivity index (χ2n) is 4.47. The van der Waals surface area contributed by atoms with Crippen LogP contribution in [0.15, 0.2) is 29.6 Å². The number of carbonyl (C=O) groups excluding carboxylic acids is 1. The molecule has 0 aliphatic rings. The molecule has 1 heterocycles. The SMILES string of the molecule is [CH2-]COC(=O)c1cnc(SC)nc1OCc1ccc(OC)c(Cl)c1. The molecule has 1 aromatic heterocycles. The van der Waals surface area contributed by atoms with Gasteiger partial charge in [-0.05, 0) is 30.6 Å². The Morgan fingerprint density at radius 1 is 1.42 bits per heavy atom. The van der Waals surface area contributed by atoms with Gasteiger partial charge in [0.1, 0.15) is 17.9 Å². The van der Waals surface area contributed by atoms with E-state index in [0.717, 1.165) is 5.56 Å². The van der Waals surface area contributed by atoms with Crippen molar-refractivity contribution in [2.24, 2.45) is 0 Å². The molecule has 0 unspecified atom stereocenters. The van der Waals surface area contributed by atoms with E-state index in [-0.39, 0.29) is 24.7 Å². The minimum absolute atomic E-state index is 0.0106. The molecule has 0 saturated carbocycles. The second kappa shape index (κ2) is 8.75. The number of rotatable bonds is 7. The van der Waals surface area contributed by atoms with Gasteiger partial charge in [-0.2, -0.15) is 4.98 Å². The van der Waals surface area contributed by atoms with Gasteiger partial charge in [-0.1, -0.05) is 29.4 Å². The summed E-state index contributed by atoms with van der Waals surface area (Å²) in [7, 11) is 1.54. The highest BCUT2D eigenvalue weighted by Gasteiger charge is 2.17. The molecule has 0 aliphatic heterocycles. The molecular formula is C16H16ClN2O4S-. The highest BCUT2D eigenvalue weighted by molar-refractivity contribution is 7.98. The fraction of sp³-hybridized carbons (Fsp3) is 0.250. The van der Waals surface area contributed by atoms with Crippen LogP contribution in [-0.4, -0.2) is 35.9 Å². The van der Waals surface area contributed by atoms with E-state index < -0.39 is 5.97 Å². The van der Waals surface area contributed by atoms with E-state index in [1.165, 1.54) is 18.0 Å². The Balaban J connectivity index is 2.21. The predicted molar refractivity (Wildman–Crippen MR) is 91.8 cm³/mol. The summed E-state index contributed by atoms with van der Waals surface area (Å²) in [5.41, 5.74) is 0.956. The largest absolute Gasteiger partial charge is 0.495 e. The van der Waals surface area contributed by atoms with Crippen molar-refractivity contribution in [3.05, 3.63) is 47.5 Å². The van der Waals surface area contributed by atoms with Gasteiger partial charge in [-0.15, -0.1) is 0 Å². The van der Waals surface area contributed by atoms with Crippen LogP contribution >= 0.6 is 23.4 Å². The third-order valence-electron chi connectivity index (χ3n) is 2.96. The van der Waals surface area contributed by atoms with E-state index in [9.17, 15) is 4.79 Å². The Morgan fingerprint density at radius 3 is 2.83 bits per heavy atom. The summed E-state index contributed by atoms with van der Waals surface area (Å²) in [5.74, 6) is 0.145. The second-order valence-corrected chi connectivity index (χ2v) is 5.65. The Labute approximate surface area is 149 Å². The smallest absolute Gasteiger partial charge is 0.342 e. The van der Waals surface area contributed by atoms with Crippen LogP contribution in [0.2, 0.25) is 5.02 Å². The van der Waals surface area contributed by atoms with Gasteiger partial charge in [0, 0.05) is 6.20 Å². The minimum Gasteiger partial charge on any atom is -0.495 e. The molecule has 0 fully saturated rings. The van der Waals surface area contributed by atoms with E-state index in [4.69, 9.17) is 25.8 Å². The van der Waals surface area contributed by atoms with Crippen molar-refractivity contribution in [3.63, 3.8) is 0 Å². The molecule has 0 bridgehead atoms. The van der Waals surface area contributed by atoms with Gasteiger partial charge in [0.25, 0.3) is 0 Å². The van der Waals surface area contributed by atoms with Crippen LogP contribution in [0.25, 0.3) is 0 Å². The minimum atomic E-state index is -0.583. The molecule has 24 heavy (non-hydrogen) atoms. The molecule has 0 radical (unpaired) electrons. The van der Waals surface area contributed by atoms with E-state index in [0.29, 0.717) is 15.9 Å². The standard InChI is InChI=1S/C16H16ClN2O4S/c1-4-22-15(20)11-8-18-16(24-3)19-14(11)23-9-10-5-6-13(21-2)12(17)7-10/h5-8H,1,4,9H2,2-3H3/q-1. The lowest BCUT2D eigenvalue weighted by Gasteiger charge is -2.12. The summed E-state index contributed by atoms with van der Waals surface area (Å²) in [6.07, 6.45) is 3.21. The maximum absolute atomic E-state index is 11.9. The first-order chi connectivity index (χ1) is 11.6. The Morgan fingerprint density at radius 2 is 2.21 bits per heavy atom. The normalized spacial score (nSPS) is 10.3. The third kappa shape index (κ3) is 4.52. The van der Waals surface area contributed by atoms with Gasteiger partial charge in [-0.3, -0.25) is 0 Å². The average molecular weight is 368 g/mol. The quantitative estimate of drug-likeness (QED) is 0.321. The van der Waals surface area contributed by atoms with Crippen molar-refractivity contribution in [1.82, 2.24) is 9.97 Å². The molecule has 0 atom stereocenters. The van der Waals surface area contributed by atoms with Crippen LogP contribution in [0.3, 0.4) is 0 Å². The van der Waals surface area contributed by atoms with Gasteiger partial charge in [0.2, 0.25) is 5.88 Å². The lowest BCUT2D eigenvalue weighted by Crippen LogP contribution is -2.10. The zero-order valence-electron chi connectivity index (χ0n) is 13.2. The van der Waals surface area contributed by atoms with Crippen LogP contribution < -0.4 is 9.47 Å². The number of aromatic nitrogens is 2.